The summed E-state index contributed by atoms with van der Waals surface area (Å²) < 4.78 is 35.4. The normalized spacial score (nSPS) is 14.6. The monoisotopic (exact) mass is 498 g/mol. The quantitative estimate of drug-likeness (QED) is 0.478. The third-order valence-electron chi connectivity index (χ3n) is 5.76. The number of anilines is 1. The van der Waals surface area contributed by atoms with Crippen LogP contribution < -0.4 is 15.0 Å². The largest absolute Gasteiger partial charge is 0.492 e. The van der Waals surface area contributed by atoms with Crippen LogP contribution in [-0.4, -0.2) is 72.7 Å². The highest BCUT2D eigenvalue weighted by molar-refractivity contribution is 7.89. The van der Waals surface area contributed by atoms with Crippen LogP contribution in [0.1, 0.15) is 23.0 Å². The summed E-state index contributed by atoms with van der Waals surface area (Å²) in [7, 11) is -2.35. The number of aryl methyl sites for hydroxylation is 1. The van der Waals surface area contributed by atoms with Crippen molar-refractivity contribution in [1.29, 1.82) is 0 Å². The molecule has 11 heteroatoms. The zero-order chi connectivity index (χ0) is 24.8. The van der Waals surface area contributed by atoms with Gasteiger partial charge in [-0.3, -0.25) is 14.5 Å². The predicted molar refractivity (Wildman–Crippen MR) is 132 cm³/mol. The highest BCUT2D eigenvalue weighted by atomic mass is 32.2. The number of ether oxygens (including phenoxy) is 1. The number of pyridine rings is 1. The smallest absolute Gasteiger partial charge is 0.263 e. The minimum atomic E-state index is -3.95. The molecular weight excluding hydrogens is 468 g/mol. The van der Waals surface area contributed by atoms with Gasteiger partial charge in [-0.2, -0.15) is 9.40 Å². The molecule has 1 amide bonds. The second kappa shape index (κ2) is 10.9. The minimum absolute atomic E-state index is 0.0395. The lowest BCUT2D eigenvalue weighted by Crippen LogP contribution is -2.49. The van der Waals surface area contributed by atoms with Crippen molar-refractivity contribution in [2.75, 3.05) is 44.2 Å². The maximum Gasteiger partial charge on any atom is 0.263 e. The standard InChI is InChI=1S/C24H30N6O4S/c1-3-34-22-10-5-4-9-21(22)29-14-16-30(17-15-29)35(32,33)24-20(18-28(2)27-24)23(31)26-13-11-19-8-6-7-12-25-19/h4-10,12,18H,3,11,13-17H2,1-2H3,(H,26,31). The number of sulfonamides is 1. The number of piperazine rings is 1. The first-order valence-corrected chi connectivity index (χ1v) is 13.0. The van der Waals surface area contributed by atoms with E-state index in [0.717, 1.165) is 17.1 Å². The van der Waals surface area contributed by atoms with Crippen molar-refractivity contribution in [3.63, 3.8) is 0 Å². The van der Waals surface area contributed by atoms with Gasteiger partial charge in [0.2, 0.25) is 5.03 Å². The zero-order valence-corrected chi connectivity index (χ0v) is 20.7. The molecule has 1 saturated heterocycles. The van der Waals surface area contributed by atoms with Gasteiger partial charge in [-0.25, -0.2) is 8.42 Å². The summed E-state index contributed by atoms with van der Waals surface area (Å²) in [4.78, 5) is 19.2. The Bertz CT molecular complexity index is 1250. The molecule has 0 bridgehead atoms. The first-order valence-electron chi connectivity index (χ1n) is 11.6. The summed E-state index contributed by atoms with van der Waals surface area (Å²) in [6.07, 6.45) is 3.68. The van der Waals surface area contributed by atoms with Crippen molar-refractivity contribution in [1.82, 2.24) is 24.4 Å². The fourth-order valence-corrected chi connectivity index (χ4v) is 5.59. The van der Waals surface area contributed by atoms with Gasteiger partial charge in [0, 0.05) is 64.3 Å². The SMILES string of the molecule is CCOc1ccccc1N1CCN(S(=O)(=O)c2nn(C)cc2C(=O)NCCc2ccccn2)CC1. The van der Waals surface area contributed by atoms with E-state index >= 15 is 0 Å². The number of rotatable bonds is 9. The van der Waals surface area contributed by atoms with Crippen LogP contribution in [0.2, 0.25) is 0 Å². The van der Waals surface area contributed by atoms with Gasteiger partial charge in [0.05, 0.1) is 17.9 Å². The molecule has 1 aliphatic heterocycles. The van der Waals surface area contributed by atoms with Crippen LogP contribution in [0.25, 0.3) is 0 Å². The van der Waals surface area contributed by atoms with E-state index < -0.39 is 15.9 Å². The Labute approximate surface area is 205 Å². The van der Waals surface area contributed by atoms with Crippen LogP contribution in [0.4, 0.5) is 5.69 Å². The lowest BCUT2D eigenvalue weighted by atomic mass is 10.2. The molecule has 1 fully saturated rings. The molecule has 4 rings (SSSR count). The molecule has 1 aromatic carbocycles. The zero-order valence-electron chi connectivity index (χ0n) is 19.9. The number of hydrogen-bond acceptors (Lipinski definition) is 7. The van der Waals surface area contributed by atoms with E-state index in [2.05, 4.69) is 20.3 Å². The van der Waals surface area contributed by atoms with Gasteiger partial charge < -0.3 is 15.0 Å². The number of para-hydroxylation sites is 2. The molecule has 1 N–H and O–H groups in total. The van der Waals surface area contributed by atoms with Gasteiger partial charge >= 0.3 is 0 Å². The van der Waals surface area contributed by atoms with Crippen molar-refractivity contribution in [2.24, 2.45) is 7.05 Å². The molecule has 3 aromatic rings. The molecule has 0 spiro atoms. The van der Waals surface area contributed by atoms with Gasteiger partial charge in [0.15, 0.2) is 0 Å². The summed E-state index contributed by atoms with van der Waals surface area (Å²) in [6, 6.07) is 13.3. The molecule has 0 saturated carbocycles. The van der Waals surface area contributed by atoms with Crippen molar-refractivity contribution in [3.05, 3.63) is 66.1 Å². The summed E-state index contributed by atoms with van der Waals surface area (Å²) in [5, 5.41) is 6.70. The summed E-state index contributed by atoms with van der Waals surface area (Å²) >= 11 is 0. The highest BCUT2D eigenvalue weighted by Gasteiger charge is 2.34. The van der Waals surface area contributed by atoms with E-state index in [1.54, 1.807) is 13.2 Å². The lowest BCUT2D eigenvalue weighted by molar-refractivity contribution is 0.0950. The van der Waals surface area contributed by atoms with Gasteiger partial charge in [0.1, 0.15) is 5.75 Å². The predicted octanol–water partition coefficient (Wildman–Crippen LogP) is 1.70. The van der Waals surface area contributed by atoms with Gasteiger partial charge in [-0.15, -0.1) is 0 Å². The Morgan fingerprint density at radius 3 is 2.54 bits per heavy atom. The van der Waals surface area contributed by atoms with E-state index in [1.807, 2.05) is 49.4 Å². The number of aromatic nitrogens is 3. The van der Waals surface area contributed by atoms with E-state index in [4.69, 9.17) is 4.74 Å². The molecule has 3 heterocycles. The first-order chi connectivity index (χ1) is 16.9. The second-order valence-corrected chi connectivity index (χ2v) is 9.99. The maximum atomic E-state index is 13.5. The van der Waals surface area contributed by atoms with Crippen LogP contribution in [0.5, 0.6) is 5.75 Å². The highest BCUT2D eigenvalue weighted by Crippen LogP contribution is 2.30. The maximum absolute atomic E-state index is 13.5. The Kier molecular flexibility index (Phi) is 7.67. The Morgan fingerprint density at radius 2 is 1.83 bits per heavy atom. The Morgan fingerprint density at radius 1 is 1.09 bits per heavy atom. The number of nitrogens with zero attached hydrogens (tertiary/aromatic N) is 5. The fourth-order valence-electron chi connectivity index (χ4n) is 4.05. The average molecular weight is 499 g/mol. The van der Waals surface area contributed by atoms with E-state index in [9.17, 15) is 13.2 Å². The van der Waals surface area contributed by atoms with Crippen molar-refractivity contribution < 1.29 is 17.9 Å². The van der Waals surface area contributed by atoms with Crippen LogP contribution >= 0.6 is 0 Å². The molecule has 10 nitrogen and oxygen atoms in total. The first kappa shape index (κ1) is 24.7. The van der Waals surface area contributed by atoms with Crippen molar-refractivity contribution >= 4 is 21.6 Å². The second-order valence-electron chi connectivity index (χ2n) is 8.14. The Balaban J connectivity index is 1.43. The molecule has 0 unspecified atom stereocenters. The summed E-state index contributed by atoms with van der Waals surface area (Å²) in [6.45, 7) is 4.38. The summed E-state index contributed by atoms with van der Waals surface area (Å²) in [5.74, 6) is 0.303. The number of carbonyl (C=O) groups excluding carboxylic acids is 1. The van der Waals surface area contributed by atoms with Crippen LogP contribution in [0.15, 0.2) is 59.9 Å². The molecule has 186 valence electrons. The molecule has 0 aliphatic carbocycles. The fraction of sp³-hybridized carbons (Fsp3) is 0.375. The van der Waals surface area contributed by atoms with E-state index in [1.165, 1.54) is 15.2 Å². The van der Waals surface area contributed by atoms with Crippen molar-refractivity contribution in [3.8, 4) is 5.75 Å². The number of benzene rings is 1. The minimum Gasteiger partial charge on any atom is -0.492 e. The number of carbonyl (C=O) groups is 1. The van der Waals surface area contributed by atoms with E-state index in [0.29, 0.717) is 32.7 Å². The van der Waals surface area contributed by atoms with Crippen LogP contribution in [0, 0.1) is 0 Å². The van der Waals surface area contributed by atoms with Crippen molar-refractivity contribution in [2.45, 2.75) is 18.4 Å². The number of nitrogens with one attached hydrogen (secondary N) is 1. The third kappa shape index (κ3) is 5.63. The van der Waals surface area contributed by atoms with Crippen LogP contribution in [0.3, 0.4) is 0 Å². The van der Waals surface area contributed by atoms with Crippen LogP contribution in [-0.2, 0) is 23.5 Å². The van der Waals surface area contributed by atoms with Gasteiger partial charge in [0.25, 0.3) is 15.9 Å². The topological polar surface area (TPSA) is 110 Å². The third-order valence-corrected chi connectivity index (χ3v) is 7.60. The molecule has 1 aliphatic rings. The van der Waals surface area contributed by atoms with Gasteiger partial charge in [-0.1, -0.05) is 18.2 Å². The Hall–Kier alpha value is -3.44. The molecule has 0 radical (unpaired) electrons. The average Bonchev–Trinajstić information content (AvgIpc) is 3.28. The van der Waals surface area contributed by atoms with Gasteiger partial charge in [-0.05, 0) is 31.2 Å². The molecule has 0 atom stereocenters. The molecule has 35 heavy (non-hydrogen) atoms. The molecular formula is C24H30N6O4S. The number of hydrogen-bond donors (Lipinski definition) is 1. The molecule has 2 aromatic heterocycles. The lowest BCUT2D eigenvalue weighted by Gasteiger charge is -2.35. The summed E-state index contributed by atoms with van der Waals surface area (Å²) in [5.41, 5.74) is 1.82. The van der Waals surface area contributed by atoms with E-state index in [-0.39, 0.29) is 23.7 Å². The number of amides is 1.